The molecule has 0 aromatic carbocycles. The maximum absolute atomic E-state index is 13.4. The second kappa shape index (κ2) is 16.7. The Hall–Kier alpha value is -4.55. The summed E-state index contributed by atoms with van der Waals surface area (Å²) in [6, 6.07) is 1.16. The first-order chi connectivity index (χ1) is 28.3. The van der Waals surface area contributed by atoms with Crippen LogP contribution in [0.5, 0.6) is 0 Å². The number of aryl methyl sites for hydroxylation is 1. The van der Waals surface area contributed by atoms with Gasteiger partial charge >= 0.3 is 27.0 Å². The number of H-pyrrole nitrogens is 2. The van der Waals surface area contributed by atoms with Crippen LogP contribution in [0.1, 0.15) is 30.7 Å². The summed E-state index contributed by atoms with van der Waals surface area (Å²) in [5, 5.41) is 42.6. The van der Waals surface area contributed by atoms with Crippen molar-refractivity contribution in [3.05, 3.63) is 72.0 Å². The fraction of sp³-hybridized carbons (Fsp3) is 0.552. The number of rotatable bonds is 14. The molecular formula is C29H38N10O19P2. The highest BCUT2D eigenvalue weighted by molar-refractivity contribution is 7.47. The third-order valence-electron chi connectivity index (χ3n) is 9.64. The van der Waals surface area contributed by atoms with Gasteiger partial charge in [0, 0.05) is 24.4 Å². The van der Waals surface area contributed by atoms with Crippen LogP contribution >= 0.6 is 15.6 Å². The Morgan fingerprint density at radius 2 is 1.52 bits per heavy atom. The van der Waals surface area contributed by atoms with Gasteiger partial charge in [-0.3, -0.25) is 51.4 Å². The molecule has 13 atom stereocenters. The molecule has 3 aliphatic rings. The van der Waals surface area contributed by atoms with E-state index in [1.165, 1.54) is 13.1 Å². The number of anilines is 2. The van der Waals surface area contributed by atoms with Gasteiger partial charge in [0.05, 0.1) is 26.1 Å². The first-order valence-corrected chi connectivity index (χ1v) is 20.6. The zero-order valence-electron chi connectivity index (χ0n) is 30.7. The number of aromatic amines is 2. The van der Waals surface area contributed by atoms with E-state index in [1.807, 2.05) is 0 Å². The summed E-state index contributed by atoms with van der Waals surface area (Å²) >= 11 is 0. The van der Waals surface area contributed by atoms with Crippen molar-refractivity contribution in [3.63, 3.8) is 0 Å². The Kier molecular flexibility index (Phi) is 12.1. The summed E-state index contributed by atoms with van der Waals surface area (Å²) in [7, 11) is -10.6. The highest BCUT2D eigenvalue weighted by atomic mass is 31.2. The summed E-state index contributed by atoms with van der Waals surface area (Å²) in [4.78, 5) is 86.4. The first kappa shape index (κ1) is 43.5. The Labute approximate surface area is 332 Å². The zero-order valence-corrected chi connectivity index (χ0v) is 32.5. The van der Waals surface area contributed by atoms with Crippen LogP contribution in [0.2, 0.25) is 0 Å². The number of nitrogens with zero attached hydrogens (tertiary/aromatic N) is 6. The molecule has 328 valence electrons. The van der Waals surface area contributed by atoms with E-state index in [0.29, 0.717) is 0 Å². The molecule has 0 amide bonds. The van der Waals surface area contributed by atoms with Crippen molar-refractivity contribution in [1.82, 2.24) is 38.6 Å². The van der Waals surface area contributed by atoms with Gasteiger partial charge in [-0.05, 0) is 13.0 Å². The molecule has 0 bridgehead atoms. The van der Waals surface area contributed by atoms with E-state index in [-0.39, 0.29) is 34.9 Å². The molecule has 7 rings (SSSR count). The van der Waals surface area contributed by atoms with Crippen LogP contribution in [0.25, 0.3) is 11.2 Å². The molecular weight excluding hydrogens is 854 g/mol. The normalized spacial score (nSPS) is 31.4. The molecule has 12 N–H and O–H groups in total. The lowest BCUT2D eigenvalue weighted by Crippen LogP contribution is -2.38. The van der Waals surface area contributed by atoms with Crippen LogP contribution in [-0.4, -0.2) is 137 Å². The SMILES string of the molecule is Cc1cn([C@H]2C[C@H](OP(=O)(O)OC[C@H]3O[C@@H](n4ccc(N)nc4=O)[C@H](O)[C@@H]3OP(=O)(O)OC[C@H]3O[C@@H](n4cnc5c(=O)[nH]c(N)nc54)[C@H](O)[C@@H]3O)[C@@H](CO)O2)c(=O)[nH]c1=O. The number of nitrogens with two attached hydrogens (primary N) is 2. The topological polar surface area (TPSA) is 425 Å². The second-order valence-electron chi connectivity index (χ2n) is 13.7. The minimum absolute atomic E-state index is 0.122. The van der Waals surface area contributed by atoms with Gasteiger partial charge in [0.25, 0.3) is 11.1 Å². The van der Waals surface area contributed by atoms with Crippen LogP contribution < -0.4 is 34.0 Å². The zero-order chi connectivity index (χ0) is 43.4. The highest BCUT2D eigenvalue weighted by Crippen LogP contribution is 2.52. The van der Waals surface area contributed by atoms with E-state index < -0.39 is 125 Å². The number of aliphatic hydroxyl groups is 4. The number of nitrogen functional groups attached to an aromatic ring is 2. The molecule has 7 heterocycles. The van der Waals surface area contributed by atoms with E-state index in [2.05, 4.69) is 24.9 Å². The Balaban J connectivity index is 1.04. The summed E-state index contributed by atoms with van der Waals surface area (Å²) in [5.74, 6) is -0.497. The van der Waals surface area contributed by atoms with Crippen LogP contribution in [0, 0.1) is 6.92 Å². The van der Waals surface area contributed by atoms with Crippen LogP contribution in [0.15, 0.2) is 44.0 Å². The van der Waals surface area contributed by atoms with Crippen molar-refractivity contribution >= 4 is 38.6 Å². The van der Waals surface area contributed by atoms with Crippen molar-refractivity contribution in [3.8, 4) is 0 Å². The number of hydrogen-bond donors (Lipinski definition) is 10. The van der Waals surface area contributed by atoms with Gasteiger partial charge in [-0.2, -0.15) is 9.97 Å². The van der Waals surface area contributed by atoms with Crippen molar-refractivity contribution in [2.75, 3.05) is 31.3 Å². The average molecular weight is 893 g/mol. The molecule has 0 radical (unpaired) electrons. The number of phosphoric acid groups is 2. The maximum atomic E-state index is 13.4. The van der Waals surface area contributed by atoms with Gasteiger partial charge in [0.15, 0.2) is 23.6 Å². The van der Waals surface area contributed by atoms with E-state index in [4.69, 9.17) is 43.8 Å². The molecule has 2 unspecified atom stereocenters. The molecule has 0 aliphatic carbocycles. The molecule has 0 spiro atoms. The lowest BCUT2D eigenvalue weighted by atomic mass is 10.1. The minimum atomic E-state index is -5.37. The number of phosphoric ester groups is 2. The quantitative estimate of drug-likeness (QED) is 0.0534. The molecule has 31 heteroatoms. The van der Waals surface area contributed by atoms with Gasteiger partial charge in [0.2, 0.25) is 5.95 Å². The monoisotopic (exact) mass is 892 g/mol. The fourth-order valence-corrected chi connectivity index (χ4v) is 8.65. The maximum Gasteiger partial charge on any atom is 0.472 e. The number of imidazole rings is 1. The Morgan fingerprint density at radius 1 is 0.850 bits per heavy atom. The fourth-order valence-electron chi connectivity index (χ4n) is 6.73. The number of hydrogen-bond acceptors (Lipinski definition) is 22. The van der Waals surface area contributed by atoms with Crippen molar-refractivity contribution < 1.29 is 71.6 Å². The van der Waals surface area contributed by atoms with Gasteiger partial charge in [-0.15, -0.1) is 0 Å². The third-order valence-corrected chi connectivity index (χ3v) is 11.6. The van der Waals surface area contributed by atoms with Crippen molar-refractivity contribution in [2.24, 2.45) is 0 Å². The summed E-state index contributed by atoms with van der Waals surface area (Å²) in [6.07, 6.45) is -14.8. The average Bonchev–Trinajstić information content (AvgIpc) is 3.92. The molecule has 3 saturated heterocycles. The molecule has 60 heavy (non-hydrogen) atoms. The Bertz CT molecular complexity index is 2580. The molecule has 0 saturated carbocycles. The summed E-state index contributed by atoms with van der Waals surface area (Å²) < 4.78 is 67.1. The van der Waals surface area contributed by atoms with Gasteiger partial charge < -0.3 is 55.9 Å². The van der Waals surface area contributed by atoms with E-state index in [1.54, 1.807) is 0 Å². The van der Waals surface area contributed by atoms with Crippen molar-refractivity contribution in [1.29, 1.82) is 0 Å². The predicted octanol–water partition coefficient (Wildman–Crippen LogP) is -4.44. The number of ether oxygens (including phenoxy) is 3. The van der Waals surface area contributed by atoms with Crippen LogP contribution in [-0.2, 0) is 41.4 Å². The second-order valence-corrected chi connectivity index (χ2v) is 16.5. The molecule has 4 aromatic rings. The van der Waals surface area contributed by atoms with E-state index in [9.17, 15) is 58.5 Å². The first-order valence-electron chi connectivity index (χ1n) is 17.6. The van der Waals surface area contributed by atoms with E-state index >= 15 is 0 Å². The largest absolute Gasteiger partial charge is 0.472 e. The number of fused-ring (bicyclic) bond motifs is 1. The lowest BCUT2D eigenvalue weighted by Gasteiger charge is -2.25. The number of nitrogens with one attached hydrogen (secondary N) is 2. The predicted molar refractivity (Wildman–Crippen MR) is 194 cm³/mol. The molecule has 29 nitrogen and oxygen atoms in total. The smallest absolute Gasteiger partial charge is 0.394 e. The van der Waals surface area contributed by atoms with Gasteiger partial charge in [0.1, 0.15) is 60.9 Å². The number of aromatic nitrogens is 8. The Morgan fingerprint density at radius 3 is 2.22 bits per heavy atom. The van der Waals surface area contributed by atoms with Crippen LogP contribution in [0.3, 0.4) is 0 Å². The summed E-state index contributed by atoms with van der Waals surface area (Å²) in [5.41, 5.74) is 7.75. The van der Waals surface area contributed by atoms with Crippen LogP contribution in [0.4, 0.5) is 11.8 Å². The lowest BCUT2D eigenvalue weighted by molar-refractivity contribution is -0.0635. The third kappa shape index (κ3) is 8.77. The standard InChI is InChI=1S/C29H38N10O19P2/c1-10-5-38(29(47)36-23(10)44)16-4-11(12(6-40)54-16)57-59(48,49)53-8-14-21(20(43)26(56-14)37-3-2-15(30)33-28(37)46)58-60(50,51)52-7-13-18(41)19(42)25(55-13)39-9-32-17-22(39)34-27(31)35-24(17)45/h2-3,5,9,11-14,16,18-21,25-26,40-43H,4,6-8H2,1H3,(H,48,49)(H,50,51)(H2,30,33,46)(H,36,44,47)(H3,31,34,35,45)/t11-,12+,13+,14+,16+,18+,19+,20+,21+,25+,26+/m0/s1. The summed E-state index contributed by atoms with van der Waals surface area (Å²) in [6.45, 7) is -1.31. The van der Waals surface area contributed by atoms with Gasteiger partial charge in [-0.1, -0.05) is 0 Å². The molecule has 3 fully saturated rings. The molecule has 3 aliphatic heterocycles. The number of aliphatic hydroxyl groups excluding tert-OH is 4. The minimum Gasteiger partial charge on any atom is -0.394 e. The highest BCUT2D eigenvalue weighted by Gasteiger charge is 2.52. The van der Waals surface area contributed by atoms with Crippen molar-refractivity contribution in [2.45, 2.75) is 80.9 Å². The van der Waals surface area contributed by atoms with E-state index in [0.717, 1.165) is 32.3 Å². The molecule has 4 aromatic heterocycles. The van der Waals surface area contributed by atoms with Gasteiger partial charge in [-0.25, -0.2) is 23.7 Å².